The third-order valence-electron chi connectivity index (χ3n) is 6.58. The van der Waals surface area contributed by atoms with Gasteiger partial charge in [-0.25, -0.2) is 0 Å². The van der Waals surface area contributed by atoms with E-state index in [4.69, 9.17) is 0 Å². The zero-order chi connectivity index (χ0) is 19.3. The summed E-state index contributed by atoms with van der Waals surface area (Å²) >= 11 is 0. The fourth-order valence-corrected chi connectivity index (χ4v) is 4.85. The monoisotopic (exact) mass is 383 g/mol. The second kappa shape index (κ2) is 9.21. The number of aliphatic hydroxyl groups is 1. The van der Waals surface area contributed by atoms with Crippen molar-refractivity contribution >= 4 is 5.91 Å². The van der Waals surface area contributed by atoms with Gasteiger partial charge in [-0.1, -0.05) is 36.4 Å². The second-order valence-corrected chi connectivity index (χ2v) is 8.41. The summed E-state index contributed by atoms with van der Waals surface area (Å²) in [7, 11) is 0. The number of rotatable bonds is 5. The minimum absolute atomic E-state index is 0.153. The number of hydrogen-bond acceptors (Lipinski definition) is 4. The molecule has 1 aromatic carbocycles. The summed E-state index contributed by atoms with van der Waals surface area (Å²) in [4.78, 5) is 19.4. The van der Waals surface area contributed by atoms with E-state index in [9.17, 15) is 9.90 Å². The molecule has 1 N–H and O–H groups in total. The summed E-state index contributed by atoms with van der Waals surface area (Å²) in [6.45, 7) is 6.49. The number of amides is 1. The van der Waals surface area contributed by atoms with Gasteiger partial charge in [0.05, 0.1) is 6.10 Å². The summed E-state index contributed by atoms with van der Waals surface area (Å²) in [5.41, 5.74) is 2.35. The van der Waals surface area contributed by atoms with Gasteiger partial charge in [-0.2, -0.15) is 0 Å². The number of piperidine rings is 1. The maximum Gasteiger partial charge on any atom is 0.249 e. The van der Waals surface area contributed by atoms with Crippen molar-refractivity contribution in [1.29, 1.82) is 0 Å². The van der Waals surface area contributed by atoms with E-state index in [1.807, 2.05) is 4.90 Å². The molecule has 2 heterocycles. The topological polar surface area (TPSA) is 47.0 Å². The molecule has 0 saturated carbocycles. The highest BCUT2D eigenvalue weighted by atomic mass is 16.3. The number of likely N-dealkylation sites (tertiary alicyclic amines) is 1. The lowest BCUT2D eigenvalue weighted by molar-refractivity contribution is -0.132. The normalized spacial score (nSPS) is 27.0. The highest BCUT2D eigenvalue weighted by Crippen LogP contribution is 2.24. The van der Waals surface area contributed by atoms with Crippen LogP contribution in [0.15, 0.2) is 42.0 Å². The molecule has 28 heavy (non-hydrogen) atoms. The summed E-state index contributed by atoms with van der Waals surface area (Å²) < 4.78 is 0. The average Bonchev–Trinajstić information content (AvgIpc) is 3.28. The highest BCUT2D eigenvalue weighted by Gasteiger charge is 2.35. The van der Waals surface area contributed by atoms with E-state index in [0.29, 0.717) is 6.54 Å². The summed E-state index contributed by atoms with van der Waals surface area (Å²) in [5, 5.41) is 10.7. The number of carbonyl (C=O) groups is 1. The standard InChI is InChI=1S/C23H33N3O2/c27-22-18-26(23(28)20-8-4-5-9-20)13-11-21(22)25-16-14-24(15-17-25)12-10-19-6-2-1-3-7-19/h1-3,6-8,21-22,27H,4-5,9-18H2/t21-,22-/m1/s1. The number of carbonyl (C=O) groups excluding carboxylic acids is 1. The molecule has 2 atom stereocenters. The molecular weight excluding hydrogens is 350 g/mol. The number of hydrogen-bond donors (Lipinski definition) is 1. The zero-order valence-electron chi connectivity index (χ0n) is 16.8. The quantitative estimate of drug-likeness (QED) is 0.844. The Kier molecular flexibility index (Phi) is 6.45. The van der Waals surface area contributed by atoms with Crippen molar-refractivity contribution in [2.24, 2.45) is 0 Å². The first-order valence-electron chi connectivity index (χ1n) is 10.9. The van der Waals surface area contributed by atoms with Gasteiger partial charge in [0.25, 0.3) is 0 Å². The van der Waals surface area contributed by atoms with Crippen molar-refractivity contribution in [2.45, 2.75) is 44.2 Å². The number of nitrogens with zero attached hydrogens (tertiary/aromatic N) is 3. The van der Waals surface area contributed by atoms with Gasteiger partial charge < -0.3 is 14.9 Å². The zero-order valence-corrected chi connectivity index (χ0v) is 16.8. The maximum atomic E-state index is 12.6. The lowest BCUT2D eigenvalue weighted by atomic mass is 9.98. The van der Waals surface area contributed by atoms with Crippen LogP contribution in [0.2, 0.25) is 0 Å². The molecule has 1 aliphatic carbocycles. The average molecular weight is 384 g/mol. The van der Waals surface area contributed by atoms with Crippen LogP contribution >= 0.6 is 0 Å². The van der Waals surface area contributed by atoms with Crippen LogP contribution in [-0.4, -0.2) is 83.7 Å². The molecule has 0 aromatic heterocycles. The van der Waals surface area contributed by atoms with E-state index in [1.54, 1.807) is 0 Å². The number of piperazine rings is 1. The van der Waals surface area contributed by atoms with Gasteiger partial charge in [0, 0.05) is 57.4 Å². The van der Waals surface area contributed by atoms with E-state index in [-0.39, 0.29) is 11.9 Å². The van der Waals surface area contributed by atoms with Crippen LogP contribution in [0.4, 0.5) is 0 Å². The fraction of sp³-hybridized carbons (Fsp3) is 0.609. The number of β-amino-alcohol motifs (C(OH)–C–C–N with tert-alkyl or cyclic N) is 1. The molecule has 2 saturated heterocycles. The Labute approximate surface area is 168 Å². The van der Waals surface area contributed by atoms with E-state index in [0.717, 1.165) is 76.9 Å². The molecule has 2 aliphatic heterocycles. The van der Waals surface area contributed by atoms with E-state index >= 15 is 0 Å². The number of aliphatic hydroxyl groups excluding tert-OH is 1. The Morgan fingerprint density at radius 3 is 2.54 bits per heavy atom. The summed E-state index contributed by atoms with van der Waals surface area (Å²) in [6.07, 6.45) is 6.64. The van der Waals surface area contributed by atoms with Gasteiger partial charge in [0.15, 0.2) is 0 Å². The van der Waals surface area contributed by atoms with Gasteiger partial charge in [0.1, 0.15) is 0 Å². The minimum Gasteiger partial charge on any atom is -0.390 e. The van der Waals surface area contributed by atoms with Crippen LogP contribution in [0.5, 0.6) is 0 Å². The largest absolute Gasteiger partial charge is 0.390 e. The second-order valence-electron chi connectivity index (χ2n) is 8.41. The van der Waals surface area contributed by atoms with E-state index < -0.39 is 6.10 Å². The van der Waals surface area contributed by atoms with Gasteiger partial charge >= 0.3 is 0 Å². The molecular formula is C23H33N3O2. The minimum atomic E-state index is -0.435. The number of allylic oxidation sites excluding steroid dienone is 1. The third-order valence-corrected chi connectivity index (χ3v) is 6.58. The van der Waals surface area contributed by atoms with Crippen LogP contribution in [0.3, 0.4) is 0 Å². The van der Waals surface area contributed by atoms with Crippen molar-refractivity contribution in [3.05, 3.63) is 47.5 Å². The SMILES string of the molecule is O=C(C1=CCCC1)N1CC[C@@H](N2CCN(CCc3ccccc3)CC2)[C@H](O)C1. The fourth-order valence-electron chi connectivity index (χ4n) is 4.85. The smallest absolute Gasteiger partial charge is 0.249 e. The molecule has 1 amide bonds. The Bertz CT molecular complexity index is 682. The van der Waals surface area contributed by atoms with Crippen molar-refractivity contribution in [1.82, 2.24) is 14.7 Å². The van der Waals surface area contributed by atoms with E-state index in [1.165, 1.54) is 5.56 Å². The van der Waals surface area contributed by atoms with Gasteiger partial charge in [0.2, 0.25) is 5.91 Å². The Morgan fingerprint density at radius 1 is 1.07 bits per heavy atom. The van der Waals surface area contributed by atoms with Crippen LogP contribution in [-0.2, 0) is 11.2 Å². The highest BCUT2D eigenvalue weighted by molar-refractivity contribution is 5.93. The van der Waals surface area contributed by atoms with Crippen LogP contribution in [0.25, 0.3) is 0 Å². The Morgan fingerprint density at radius 2 is 1.86 bits per heavy atom. The maximum absolute atomic E-state index is 12.6. The predicted octanol–water partition coefficient (Wildman–Crippen LogP) is 1.92. The molecule has 3 aliphatic rings. The molecule has 152 valence electrons. The van der Waals surface area contributed by atoms with Crippen molar-refractivity contribution in [2.75, 3.05) is 45.8 Å². The Balaban J connectivity index is 1.22. The lowest BCUT2D eigenvalue weighted by Gasteiger charge is -2.45. The number of benzene rings is 1. The van der Waals surface area contributed by atoms with Crippen LogP contribution in [0, 0.1) is 0 Å². The molecule has 0 bridgehead atoms. The van der Waals surface area contributed by atoms with Gasteiger partial charge in [-0.15, -0.1) is 0 Å². The summed E-state index contributed by atoms with van der Waals surface area (Å²) in [6, 6.07) is 10.9. The van der Waals surface area contributed by atoms with Gasteiger partial charge in [-0.3, -0.25) is 9.69 Å². The van der Waals surface area contributed by atoms with E-state index in [2.05, 4.69) is 46.2 Å². The van der Waals surface area contributed by atoms with Crippen molar-refractivity contribution in [3.63, 3.8) is 0 Å². The van der Waals surface area contributed by atoms with Crippen molar-refractivity contribution in [3.8, 4) is 0 Å². The molecule has 4 rings (SSSR count). The summed E-state index contributed by atoms with van der Waals surface area (Å²) in [5.74, 6) is 0.153. The third kappa shape index (κ3) is 4.65. The molecule has 2 fully saturated rings. The first-order valence-corrected chi connectivity index (χ1v) is 10.9. The molecule has 1 aromatic rings. The molecule has 0 spiro atoms. The molecule has 0 unspecified atom stereocenters. The van der Waals surface area contributed by atoms with Crippen molar-refractivity contribution < 1.29 is 9.90 Å². The van der Waals surface area contributed by atoms with Gasteiger partial charge in [-0.05, 0) is 37.7 Å². The Hall–Kier alpha value is -1.69. The first kappa shape index (κ1) is 19.6. The predicted molar refractivity (Wildman–Crippen MR) is 111 cm³/mol. The van der Waals surface area contributed by atoms with Crippen LogP contribution < -0.4 is 0 Å². The lowest BCUT2D eigenvalue weighted by Crippen LogP contribution is -2.59. The van der Waals surface area contributed by atoms with Crippen LogP contribution in [0.1, 0.15) is 31.2 Å². The molecule has 5 heteroatoms. The first-order chi connectivity index (χ1) is 13.7. The molecule has 0 radical (unpaired) electrons. The molecule has 5 nitrogen and oxygen atoms in total.